The quantitative estimate of drug-likeness (QED) is 0.764. The summed E-state index contributed by atoms with van der Waals surface area (Å²) in [6.07, 6.45) is 7.08. The molecule has 3 amide bonds. The Labute approximate surface area is 160 Å². The van der Waals surface area contributed by atoms with Crippen LogP contribution in [-0.4, -0.2) is 66.0 Å². The van der Waals surface area contributed by atoms with E-state index in [9.17, 15) is 9.59 Å². The lowest BCUT2D eigenvalue weighted by molar-refractivity contribution is -0.134. The number of pyridine rings is 1. The number of likely N-dealkylation sites (tertiary alicyclic amines) is 1. The minimum Gasteiger partial charge on any atom is -0.318 e. The molecule has 0 spiro atoms. The fraction of sp³-hybridized carbons (Fsp3) is 0.650. The van der Waals surface area contributed by atoms with Gasteiger partial charge in [-0.15, -0.1) is 0 Å². The third-order valence-electron chi connectivity index (χ3n) is 6.24. The predicted molar refractivity (Wildman–Crippen MR) is 102 cm³/mol. The number of piperidine rings is 2. The molecule has 1 aromatic rings. The van der Waals surface area contributed by atoms with Crippen LogP contribution in [0.2, 0.25) is 0 Å². The van der Waals surface area contributed by atoms with E-state index in [2.05, 4.69) is 20.5 Å². The Morgan fingerprint density at radius 1 is 1.07 bits per heavy atom. The summed E-state index contributed by atoms with van der Waals surface area (Å²) in [6.45, 7) is 5.03. The summed E-state index contributed by atoms with van der Waals surface area (Å²) in [5.41, 5.74) is -0.363. The van der Waals surface area contributed by atoms with Crippen molar-refractivity contribution in [2.24, 2.45) is 5.92 Å². The molecule has 4 rings (SSSR count). The van der Waals surface area contributed by atoms with Gasteiger partial charge in [-0.05, 0) is 69.9 Å². The van der Waals surface area contributed by atoms with Crippen LogP contribution >= 0.6 is 0 Å². The van der Waals surface area contributed by atoms with Crippen molar-refractivity contribution in [3.8, 4) is 0 Å². The Balaban J connectivity index is 1.57. The van der Waals surface area contributed by atoms with Crippen molar-refractivity contribution in [2.45, 2.75) is 37.6 Å². The highest BCUT2D eigenvalue weighted by molar-refractivity contribution is 6.07. The molecule has 3 aliphatic rings. The van der Waals surface area contributed by atoms with Crippen LogP contribution in [0.5, 0.6) is 0 Å². The van der Waals surface area contributed by atoms with Crippen molar-refractivity contribution in [3.63, 3.8) is 0 Å². The molecular weight excluding hydrogens is 342 g/mol. The molecule has 0 aromatic carbocycles. The van der Waals surface area contributed by atoms with Gasteiger partial charge in [0.05, 0.1) is 5.69 Å². The average Bonchev–Trinajstić information content (AvgIpc) is 2.99. The van der Waals surface area contributed by atoms with E-state index in [1.54, 1.807) is 6.20 Å². The van der Waals surface area contributed by atoms with Crippen molar-refractivity contribution in [3.05, 3.63) is 30.1 Å². The molecule has 0 unspecified atom stereocenters. The lowest BCUT2D eigenvalue weighted by Crippen LogP contribution is -2.53. The Bertz CT molecular complexity index is 670. The maximum absolute atomic E-state index is 13.6. The number of carbonyl (C=O) groups excluding carboxylic acids is 2. The Morgan fingerprint density at radius 3 is 2.56 bits per heavy atom. The second-order valence-corrected chi connectivity index (χ2v) is 7.84. The number of hydrogen-bond acceptors (Lipinski definition) is 5. The van der Waals surface area contributed by atoms with Crippen LogP contribution in [0.1, 0.15) is 37.8 Å². The zero-order valence-electron chi connectivity index (χ0n) is 15.8. The highest BCUT2D eigenvalue weighted by Gasteiger charge is 2.57. The summed E-state index contributed by atoms with van der Waals surface area (Å²) in [7, 11) is 0. The highest BCUT2D eigenvalue weighted by Crippen LogP contribution is 2.39. The molecule has 2 N–H and O–H groups in total. The van der Waals surface area contributed by atoms with Gasteiger partial charge in [-0.2, -0.15) is 0 Å². The zero-order valence-corrected chi connectivity index (χ0v) is 15.8. The number of rotatable bonds is 5. The summed E-state index contributed by atoms with van der Waals surface area (Å²) in [6, 6.07) is 5.32. The first kappa shape index (κ1) is 18.4. The largest absolute Gasteiger partial charge is 0.325 e. The number of nitrogens with one attached hydrogen (secondary N) is 2. The minimum absolute atomic E-state index is 0.0603. The van der Waals surface area contributed by atoms with Gasteiger partial charge in [-0.1, -0.05) is 12.5 Å². The number of amides is 3. The van der Waals surface area contributed by atoms with E-state index in [1.807, 2.05) is 18.2 Å². The lowest BCUT2D eigenvalue weighted by atomic mass is 9.75. The van der Waals surface area contributed by atoms with Gasteiger partial charge in [0.1, 0.15) is 0 Å². The summed E-state index contributed by atoms with van der Waals surface area (Å²) < 4.78 is 0. The molecule has 0 aliphatic carbocycles. The number of hydrogen-bond donors (Lipinski definition) is 2. The molecular formula is C20H29N5O2. The van der Waals surface area contributed by atoms with Gasteiger partial charge in [0, 0.05) is 19.3 Å². The Kier molecular flexibility index (Phi) is 5.41. The van der Waals surface area contributed by atoms with Crippen LogP contribution in [0.25, 0.3) is 0 Å². The van der Waals surface area contributed by atoms with Crippen LogP contribution in [-0.2, 0) is 10.3 Å². The van der Waals surface area contributed by atoms with Crippen LogP contribution in [0.3, 0.4) is 0 Å². The molecule has 3 aliphatic heterocycles. The molecule has 1 aromatic heterocycles. The van der Waals surface area contributed by atoms with Gasteiger partial charge in [0.25, 0.3) is 5.91 Å². The highest BCUT2D eigenvalue weighted by atomic mass is 16.2. The van der Waals surface area contributed by atoms with Crippen molar-refractivity contribution >= 4 is 11.9 Å². The molecule has 0 bridgehead atoms. The normalized spacial score (nSPS) is 27.8. The molecule has 0 saturated carbocycles. The van der Waals surface area contributed by atoms with E-state index >= 15 is 0 Å². The first-order valence-electron chi connectivity index (χ1n) is 10.2. The van der Waals surface area contributed by atoms with Gasteiger partial charge in [-0.3, -0.25) is 14.7 Å². The number of urea groups is 1. The molecule has 3 saturated heterocycles. The second-order valence-electron chi connectivity index (χ2n) is 7.84. The van der Waals surface area contributed by atoms with E-state index in [4.69, 9.17) is 0 Å². The van der Waals surface area contributed by atoms with E-state index in [0.29, 0.717) is 12.2 Å². The minimum atomic E-state index is -1.03. The van der Waals surface area contributed by atoms with Gasteiger partial charge in [0.15, 0.2) is 5.54 Å². The smallest absolute Gasteiger partial charge is 0.318 e. The van der Waals surface area contributed by atoms with Gasteiger partial charge < -0.3 is 15.5 Å². The number of imide groups is 1. The summed E-state index contributed by atoms with van der Waals surface area (Å²) in [4.78, 5) is 34.7. The van der Waals surface area contributed by atoms with Gasteiger partial charge in [0.2, 0.25) is 0 Å². The number of aromatic nitrogens is 1. The fourth-order valence-corrected chi connectivity index (χ4v) is 4.73. The molecule has 27 heavy (non-hydrogen) atoms. The van der Waals surface area contributed by atoms with Gasteiger partial charge in [-0.25, -0.2) is 4.79 Å². The fourth-order valence-electron chi connectivity index (χ4n) is 4.73. The molecule has 1 atom stereocenters. The Morgan fingerprint density at radius 2 is 1.85 bits per heavy atom. The molecule has 4 heterocycles. The summed E-state index contributed by atoms with van der Waals surface area (Å²) >= 11 is 0. The number of carbonyl (C=O) groups is 2. The molecule has 7 heteroatoms. The van der Waals surface area contributed by atoms with E-state index in [1.165, 1.54) is 24.2 Å². The van der Waals surface area contributed by atoms with E-state index in [-0.39, 0.29) is 17.9 Å². The molecule has 3 fully saturated rings. The predicted octanol–water partition coefficient (Wildman–Crippen LogP) is 1.31. The number of nitrogens with zero attached hydrogens (tertiary/aromatic N) is 3. The zero-order chi connectivity index (χ0) is 18.7. The maximum atomic E-state index is 13.6. The van der Waals surface area contributed by atoms with Gasteiger partial charge >= 0.3 is 6.03 Å². The third kappa shape index (κ3) is 3.46. The monoisotopic (exact) mass is 371 g/mol. The summed E-state index contributed by atoms with van der Waals surface area (Å²) in [5, 5.41) is 6.42. The topological polar surface area (TPSA) is 77.6 Å². The van der Waals surface area contributed by atoms with E-state index < -0.39 is 5.54 Å². The first-order valence-corrected chi connectivity index (χ1v) is 10.2. The first-order chi connectivity index (χ1) is 13.2. The lowest BCUT2D eigenvalue weighted by Gasteiger charge is -2.37. The van der Waals surface area contributed by atoms with Crippen molar-refractivity contribution < 1.29 is 9.59 Å². The molecule has 0 radical (unpaired) electrons. The Hall–Kier alpha value is -1.99. The summed E-state index contributed by atoms with van der Waals surface area (Å²) in [5.74, 6) is -0.0693. The second kappa shape index (κ2) is 7.94. The van der Waals surface area contributed by atoms with Crippen LogP contribution < -0.4 is 10.6 Å². The van der Waals surface area contributed by atoms with Crippen molar-refractivity contribution in [1.82, 2.24) is 25.4 Å². The average molecular weight is 371 g/mol. The molecule has 7 nitrogen and oxygen atoms in total. The standard InChI is InChI=1S/C20H29N5O2/c26-18-20(16-7-10-21-11-8-16,17-6-2-3-9-22-17)23-19(27)25(18)15-14-24-12-4-1-5-13-24/h2-3,6,9,16,21H,1,4-5,7-8,10-15H2,(H,23,27)/t20-/m0/s1. The van der Waals surface area contributed by atoms with Crippen molar-refractivity contribution in [1.29, 1.82) is 0 Å². The van der Waals surface area contributed by atoms with Crippen LogP contribution in [0, 0.1) is 5.92 Å². The SMILES string of the molecule is O=C1N[C@](c2ccccn2)(C2CCNCC2)C(=O)N1CCN1CCCCC1. The van der Waals surface area contributed by atoms with Crippen LogP contribution in [0.4, 0.5) is 4.79 Å². The van der Waals surface area contributed by atoms with Crippen molar-refractivity contribution in [2.75, 3.05) is 39.3 Å². The molecule has 146 valence electrons. The maximum Gasteiger partial charge on any atom is 0.325 e. The third-order valence-corrected chi connectivity index (χ3v) is 6.24. The van der Waals surface area contributed by atoms with E-state index in [0.717, 1.165) is 45.6 Å². The van der Waals surface area contributed by atoms with Crippen LogP contribution in [0.15, 0.2) is 24.4 Å².